The van der Waals surface area contributed by atoms with Gasteiger partial charge >= 0.3 is 5.97 Å². The average Bonchev–Trinajstić information content (AvgIpc) is 2.82. The first kappa shape index (κ1) is 10.9. The SMILES string of the molecule is Cc1csc(-c2oncc2CCC(=O)O)c1. The van der Waals surface area contributed by atoms with Crippen molar-refractivity contribution in [1.82, 2.24) is 5.16 Å². The Hall–Kier alpha value is -1.62. The van der Waals surface area contributed by atoms with Crippen LogP contribution in [0, 0.1) is 6.92 Å². The molecule has 0 fully saturated rings. The van der Waals surface area contributed by atoms with Crippen LogP contribution < -0.4 is 0 Å². The summed E-state index contributed by atoms with van der Waals surface area (Å²) in [6, 6.07) is 2.01. The zero-order chi connectivity index (χ0) is 11.5. The minimum Gasteiger partial charge on any atom is -0.481 e. The molecule has 0 aliphatic carbocycles. The van der Waals surface area contributed by atoms with Gasteiger partial charge in [-0.15, -0.1) is 11.3 Å². The van der Waals surface area contributed by atoms with Crippen molar-refractivity contribution in [1.29, 1.82) is 0 Å². The first-order chi connectivity index (χ1) is 7.66. The molecule has 2 heterocycles. The first-order valence-corrected chi connectivity index (χ1v) is 5.75. The number of aliphatic carboxylic acids is 1. The Morgan fingerprint density at radius 3 is 3.06 bits per heavy atom. The van der Waals surface area contributed by atoms with Crippen molar-refractivity contribution in [2.75, 3.05) is 0 Å². The number of hydrogen-bond donors (Lipinski definition) is 1. The van der Waals surface area contributed by atoms with Crippen LogP contribution in [0.4, 0.5) is 0 Å². The molecule has 0 aliphatic rings. The fourth-order valence-corrected chi connectivity index (χ4v) is 2.34. The fraction of sp³-hybridized carbons (Fsp3) is 0.273. The quantitative estimate of drug-likeness (QED) is 0.888. The van der Waals surface area contributed by atoms with Crippen LogP contribution in [0.5, 0.6) is 0 Å². The number of hydrogen-bond acceptors (Lipinski definition) is 4. The molecule has 84 valence electrons. The highest BCUT2D eigenvalue weighted by Crippen LogP contribution is 2.30. The van der Waals surface area contributed by atoms with Gasteiger partial charge in [0.2, 0.25) is 0 Å². The van der Waals surface area contributed by atoms with Gasteiger partial charge in [-0.05, 0) is 30.4 Å². The van der Waals surface area contributed by atoms with Crippen LogP contribution >= 0.6 is 11.3 Å². The second kappa shape index (κ2) is 4.49. The summed E-state index contributed by atoms with van der Waals surface area (Å²) >= 11 is 1.57. The second-order valence-corrected chi connectivity index (χ2v) is 4.47. The van der Waals surface area contributed by atoms with Crippen molar-refractivity contribution in [2.24, 2.45) is 0 Å². The molecule has 1 N–H and O–H groups in total. The van der Waals surface area contributed by atoms with Gasteiger partial charge in [0.1, 0.15) is 0 Å². The predicted molar refractivity (Wildman–Crippen MR) is 60.5 cm³/mol. The molecule has 4 nitrogen and oxygen atoms in total. The summed E-state index contributed by atoms with van der Waals surface area (Å²) in [5.41, 5.74) is 2.02. The van der Waals surface area contributed by atoms with E-state index in [9.17, 15) is 4.79 Å². The largest absolute Gasteiger partial charge is 0.481 e. The molecular formula is C11H11NO3S. The predicted octanol–water partition coefficient (Wildman–Crippen LogP) is 2.73. The van der Waals surface area contributed by atoms with Crippen LogP contribution in [0.1, 0.15) is 17.5 Å². The molecule has 0 radical (unpaired) electrons. The highest BCUT2D eigenvalue weighted by Gasteiger charge is 2.13. The van der Waals surface area contributed by atoms with E-state index >= 15 is 0 Å². The average molecular weight is 237 g/mol. The Bertz CT molecular complexity index is 501. The van der Waals surface area contributed by atoms with Gasteiger partial charge in [0.05, 0.1) is 11.1 Å². The Labute approximate surface area is 96.5 Å². The molecular weight excluding hydrogens is 226 g/mol. The molecule has 2 rings (SSSR count). The maximum absolute atomic E-state index is 10.5. The summed E-state index contributed by atoms with van der Waals surface area (Å²) < 4.78 is 5.16. The van der Waals surface area contributed by atoms with E-state index in [1.54, 1.807) is 17.5 Å². The lowest BCUT2D eigenvalue weighted by atomic mass is 10.1. The van der Waals surface area contributed by atoms with E-state index < -0.39 is 5.97 Å². The van der Waals surface area contributed by atoms with Gasteiger partial charge in [-0.25, -0.2) is 0 Å². The number of rotatable bonds is 4. The molecule has 0 saturated carbocycles. The third-order valence-electron chi connectivity index (χ3n) is 2.21. The van der Waals surface area contributed by atoms with Crippen molar-refractivity contribution in [3.8, 4) is 10.6 Å². The van der Waals surface area contributed by atoms with Crippen molar-refractivity contribution in [2.45, 2.75) is 19.8 Å². The summed E-state index contributed by atoms with van der Waals surface area (Å²) in [5, 5.41) is 14.4. The lowest BCUT2D eigenvalue weighted by Crippen LogP contribution is -1.97. The van der Waals surface area contributed by atoms with Crippen LogP contribution in [0.25, 0.3) is 10.6 Å². The van der Waals surface area contributed by atoms with E-state index in [1.807, 2.05) is 18.4 Å². The van der Waals surface area contributed by atoms with Crippen LogP contribution in [0.3, 0.4) is 0 Å². The zero-order valence-electron chi connectivity index (χ0n) is 8.77. The molecule has 0 aromatic carbocycles. The molecule has 0 saturated heterocycles. The molecule has 0 unspecified atom stereocenters. The number of carboxylic acid groups (broad SMARTS) is 1. The number of carbonyl (C=O) groups is 1. The summed E-state index contributed by atoms with van der Waals surface area (Å²) in [6.45, 7) is 2.01. The molecule has 2 aromatic heterocycles. The van der Waals surface area contributed by atoms with E-state index in [1.165, 1.54) is 5.56 Å². The summed E-state index contributed by atoms with van der Waals surface area (Å²) in [4.78, 5) is 11.5. The zero-order valence-corrected chi connectivity index (χ0v) is 9.58. The Morgan fingerprint density at radius 2 is 2.44 bits per heavy atom. The van der Waals surface area contributed by atoms with Gasteiger partial charge in [0.25, 0.3) is 0 Å². The standard InChI is InChI=1S/C11H11NO3S/c1-7-4-9(16-6-7)11-8(5-12-15-11)2-3-10(13)14/h4-6H,2-3H2,1H3,(H,13,14). The van der Waals surface area contributed by atoms with E-state index in [2.05, 4.69) is 5.16 Å². The van der Waals surface area contributed by atoms with E-state index in [0.717, 1.165) is 10.4 Å². The highest BCUT2D eigenvalue weighted by molar-refractivity contribution is 7.13. The topological polar surface area (TPSA) is 63.3 Å². The van der Waals surface area contributed by atoms with Crippen LogP contribution in [0.2, 0.25) is 0 Å². The highest BCUT2D eigenvalue weighted by atomic mass is 32.1. The lowest BCUT2D eigenvalue weighted by Gasteiger charge is -1.95. The Kier molecular flexibility index (Phi) is 3.05. The van der Waals surface area contributed by atoms with Crippen molar-refractivity contribution in [3.05, 3.63) is 28.8 Å². The molecule has 5 heteroatoms. The molecule has 0 bridgehead atoms. The van der Waals surface area contributed by atoms with Crippen molar-refractivity contribution >= 4 is 17.3 Å². The third-order valence-corrected chi connectivity index (χ3v) is 3.25. The molecule has 0 spiro atoms. The van der Waals surface area contributed by atoms with Crippen molar-refractivity contribution in [3.63, 3.8) is 0 Å². The summed E-state index contributed by atoms with van der Waals surface area (Å²) in [7, 11) is 0. The van der Waals surface area contributed by atoms with Gasteiger partial charge in [-0.1, -0.05) is 5.16 Å². The van der Waals surface area contributed by atoms with Crippen LogP contribution in [0.15, 0.2) is 22.2 Å². The summed E-state index contributed by atoms with van der Waals surface area (Å²) in [6.07, 6.45) is 2.14. The number of thiophene rings is 1. The van der Waals surface area contributed by atoms with Gasteiger partial charge in [0, 0.05) is 12.0 Å². The third kappa shape index (κ3) is 2.30. The van der Waals surface area contributed by atoms with Gasteiger partial charge in [0.15, 0.2) is 5.76 Å². The number of aromatic nitrogens is 1. The van der Waals surface area contributed by atoms with Crippen molar-refractivity contribution < 1.29 is 14.4 Å². The first-order valence-electron chi connectivity index (χ1n) is 4.87. The maximum Gasteiger partial charge on any atom is 0.303 e. The monoisotopic (exact) mass is 237 g/mol. The Morgan fingerprint density at radius 1 is 1.62 bits per heavy atom. The molecule has 16 heavy (non-hydrogen) atoms. The molecule has 0 atom stereocenters. The number of carboxylic acids is 1. The molecule has 0 amide bonds. The van der Waals surface area contributed by atoms with E-state index in [4.69, 9.17) is 9.63 Å². The second-order valence-electron chi connectivity index (χ2n) is 3.56. The molecule has 2 aromatic rings. The summed E-state index contributed by atoms with van der Waals surface area (Å²) in [5.74, 6) is -0.117. The maximum atomic E-state index is 10.5. The smallest absolute Gasteiger partial charge is 0.303 e. The minimum atomic E-state index is -0.811. The van der Waals surface area contributed by atoms with Crippen LogP contribution in [-0.2, 0) is 11.2 Å². The normalized spacial score (nSPS) is 10.6. The van der Waals surface area contributed by atoms with Gasteiger partial charge in [-0.2, -0.15) is 0 Å². The fourth-order valence-electron chi connectivity index (χ4n) is 1.43. The number of nitrogens with zero attached hydrogens (tertiary/aromatic N) is 1. The molecule has 0 aliphatic heterocycles. The van der Waals surface area contributed by atoms with E-state index in [-0.39, 0.29) is 6.42 Å². The lowest BCUT2D eigenvalue weighted by molar-refractivity contribution is -0.136. The van der Waals surface area contributed by atoms with Gasteiger partial charge < -0.3 is 9.63 Å². The van der Waals surface area contributed by atoms with Crippen LogP contribution in [-0.4, -0.2) is 16.2 Å². The minimum absolute atomic E-state index is 0.0958. The Balaban J connectivity index is 2.22. The van der Waals surface area contributed by atoms with E-state index in [0.29, 0.717) is 12.2 Å². The number of aryl methyl sites for hydroxylation is 2. The van der Waals surface area contributed by atoms with Gasteiger partial charge in [-0.3, -0.25) is 4.79 Å².